The van der Waals surface area contributed by atoms with Crippen LogP contribution in [0, 0.1) is 0 Å². The topological polar surface area (TPSA) is 43.2 Å². The van der Waals surface area contributed by atoms with Gasteiger partial charge in [-0.1, -0.05) is 12.1 Å². The van der Waals surface area contributed by atoms with Crippen molar-refractivity contribution in [2.75, 3.05) is 19.6 Å². The largest absolute Gasteiger partial charge is 0.437 e. The predicted octanol–water partition coefficient (Wildman–Crippen LogP) is 3.40. The van der Waals surface area contributed by atoms with Crippen LogP contribution in [0.25, 0.3) is 10.9 Å². The number of ether oxygens (including phenoxy) is 1. The maximum Gasteiger partial charge on any atom is 0.222 e. The Morgan fingerprint density at radius 1 is 1.12 bits per heavy atom. The maximum atomic E-state index is 6.06. The van der Waals surface area contributed by atoms with Crippen molar-refractivity contribution in [2.45, 2.75) is 19.3 Å². The second-order valence-electron chi connectivity index (χ2n) is 6.33. The van der Waals surface area contributed by atoms with Gasteiger partial charge in [0.05, 0.1) is 5.52 Å². The van der Waals surface area contributed by atoms with E-state index in [1.807, 2.05) is 31.4 Å². The third-order valence-corrected chi connectivity index (χ3v) is 4.61. The summed E-state index contributed by atoms with van der Waals surface area (Å²) in [4.78, 5) is 11.4. The molecule has 0 N–H and O–H groups in total. The van der Waals surface area contributed by atoms with E-state index < -0.39 is 0 Å². The number of para-hydroxylation sites is 1. The normalized spacial score (nSPS) is 15.2. The van der Waals surface area contributed by atoms with Crippen molar-refractivity contribution in [3.8, 4) is 11.6 Å². The van der Waals surface area contributed by atoms with Gasteiger partial charge in [0.25, 0.3) is 0 Å². The maximum absolute atomic E-state index is 6.06. The molecule has 5 nitrogen and oxygen atoms in total. The first kappa shape index (κ1) is 15.1. The Bertz CT molecular complexity index is 836. The molecule has 1 aromatic carbocycles. The molecule has 0 aliphatic carbocycles. The molecular weight excluding hydrogens is 300 g/mol. The zero-order chi connectivity index (χ0) is 16.4. The summed E-state index contributed by atoms with van der Waals surface area (Å²) in [6, 6.07) is 9.98. The molecule has 0 radical (unpaired) electrons. The molecule has 124 valence electrons. The summed E-state index contributed by atoms with van der Waals surface area (Å²) in [5, 5.41) is 1.17. The van der Waals surface area contributed by atoms with Crippen molar-refractivity contribution in [1.29, 1.82) is 0 Å². The van der Waals surface area contributed by atoms with E-state index in [-0.39, 0.29) is 0 Å². The Morgan fingerprint density at radius 2 is 2.00 bits per heavy atom. The van der Waals surface area contributed by atoms with Crippen LogP contribution in [0.2, 0.25) is 0 Å². The van der Waals surface area contributed by atoms with Crippen molar-refractivity contribution in [3.63, 3.8) is 0 Å². The summed E-state index contributed by atoms with van der Waals surface area (Å²) in [7, 11) is 2.02. The first-order chi connectivity index (χ1) is 11.8. The van der Waals surface area contributed by atoms with Crippen LogP contribution in [0.5, 0.6) is 11.6 Å². The zero-order valence-corrected chi connectivity index (χ0v) is 14.0. The molecule has 1 saturated heterocycles. The molecule has 1 aliphatic heterocycles. The van der Waals surface area contributed by atoms with Crippen LogP contribution >= 0.6 is 0 Å². The van der Waals surface area contributed by atoms with Gasteiger partial charge >= 0.3 is 0 Å². The number of benzene rings is 1. The Hall–Kier alpha value is -2.40. The van der Waals surface area contributed by atoms with E-state index in [1.165, 1.54) is 31.3 Å². The van der Waals surface area contributed by atoms with Crippen molar-refractivity contribution in [1.82, 2.24) is 19.4 Å². The molecule has 1 aliphatic rings. The van der Waals surface area contributed by atoms with Crippen LogP contribution in [0.3, 0.4) is 0 Å². The van der Waals surface area contributed by atoms with E-state index in [2.05, 4.69) is 31.6 Å². The molecule has 24 heavy (non-hydrogen) atoms. The van der Waals surface area contributed by atoms with Gasteiger partial charge in [-0.05, 0) is 38.1 Å². The quantitative estimate of drug-likeness (QED) is 0.722. The summed E-state index contributed by atoms with van der Waals surface area (Å²) < 4.78 is 8.13. The fraction of sp³-hybridized carbons (Fsp3) is 0.368. The molecule has 4 rings (SSSR count). The summed E-state index contributed by atoms with van der Waals surface area (Å²) in [6.45, 7) is 3.42. The van der Waals surface area contributed by atoms with Gasteiger partial charge in [-0.25, -0.2) is 4.98 Å². The minimum atomic E-state index is 0.607. The number of nitrogens with zero attached hydrogens (tertiary/aromatic N) is 4. The Kier molecular flexibility index (Phi) is 4.17. The van der Waals surface area contributed by atoms with Gasteiger partial charge in [0.2, 0.25) is 5.88 Å². The van der Waals surface area contributed by atoms with Gasteiger partial charge in [-0.2, -0.15) is 4.98 Å². The van der Waals surface area contributed by atoms with Crippen molar-refractivity contribution >= 4 is 10.9 Å². The second-order valence-corrected chi connectivity index (χ2v) is 6.33. The smallest absolute Gasteiger partial charge is 0.222 e. The van der Waals surface area contributed by atoms with Crippen LogP contribution in [-0.2, 0) is 13.5 Å². The summed E-state index contributed by atoms with van der Waals surface area (Å²) in [5.41, 5.74) is 1.08. The van der Waals surface area contributed by atoms with E-state index >= 15 is 0 Å². The van der Waals surface area contributed by atoms with E-state index in [9.17, 15) is 0 Å². The third-order valence-electron chi connectivity index (χ3n) is 4.61. The lowest BCUT2D eigenvalue weighted by Gasteiger charge is -2.13. The van der Waals surface area contributed by atoms with Gasteiger partial charge in [0, 0.05) is 43.9 Å². The van der Waals surface area contributed by atoms with Crippen molar-refractivity contribution < 1.29 is 4.74 Å². The molecule has 0 amide bonds. The molecule has 3 heterocycles. The average Bonchev–Trinajstić information content (AvgIpc) is 3.24. The fourth-order valence-corrected chi connectivity index (χ4v) is 3.33. The van der Waals surface area contributed by atoms with Crippen LogP contribution in [0.15, 0.2) is 42.7 Å². The van der Waals surface area contributed by atoms with Gasteiger partial charge in [-0.3, -0.25) is 0 Å². The molecule has 2 aromatic heterocycles. The lowest BCUT2D eigenvalue weighted by atomic mass is 10.2. The number of hydrogen-bond donors (Lipinski definition) is 0. The lowest BCUT2D eigenvalue weighted by Crippen LogP contribution is -2.22. The van der Waals surface area contributed by atoms with Crippen molar-refractivity contribution in [3.05, 3.63) is 48.5 Å². The standard InChI is InChI=1S/C19H22N4O/c1-22-13-8-15-5-4-6-16(19(15)22)24-18-7-10-20-17(21-18)9-14-23-11-2-3-12-23/h4-8,10,13H,2-3,9,11-12,14H2,1H3. The zero-order valence-electron chi connectivity index (χ0n) is 14.0. The highest BCUT2D eigenvalue weighted by Gasteiger charge is 2.12. The summed E-state index contributed by atoms with van der Waals surface area (Å²) in [5.74, 6) is 2.28. The molecule has 0 bridgehead atoms. The van der Waals surface area contributed by atoms with Crippen LogP contribution < -0.4 is 4.74 Å². The highest BCUT2D eigenvalue weighted by atomic mass is 16.5. The van der Waals surface area contributed by atoms with Gasteiger partial charge in [-0.15, -0.1) is 0 Å². The minimum Gasteiger partial charge on any atom is -0.437 e. The lowest BCUT2D eigenvalue weighted by molar-refractivity contribution is 0.340. The van der Waals surface area contributed by atoms with Gasteiger partial charge in [0.15, 0.2) is 5.75 Å². The predicted molar refractivity (Wildman–Crippen MR) is 94.4 cm³/mol. The minimum absolute atomic E-state index is 0.607. The van der Waals surface area contributed by atoms with Crippen LogP contribution in [0.1, 0.15) is 18.7 Å². The number of aryl methyl sites for hydroxylation is 1. The monoisotopic (exact) mass is 322 g/mol. The van der Waals surface area contributed by atoms with E-state index in [0.29, 0.717) is 5.88 Å². The molecule has 3 aromatic rings. The molecule has 0 spiro atoms. The number of aromatic nitrogens is 3. The molecule has 1 fully saturated rings. The average molecular weight is 322 g/mol. The Balaban J connectivity index is 1.51. The number of fused-ring (bicyclic) bond motifs is 1. The summed E-state index contributed by atoms with van der Waals surface area (Å²) in [6.07, 6.45) is 7.31. The SMILES string of the molecule is Cn1ccc2cccc(Oc3ccnc(CCN4CCCC4)n3)c21. The highest BCUT2D eigenvalue weighted by molar-refractivity contribution is 5.86. The first-order valence-electron chi connectivity index (χ1n) is 8.56. The number of hydrogen-bond acceptors (Lipinski definition) is 4. The van der Waals surface area contributed by atoms with E-state index in [4.69, 9.17) is 4.74 Å². The molecule has 5 heteroatoms. The Morgan fingerprint density at radius 3 is 2.88 bits per heavy atom. The molecule has 0 atom stereocenters. The Labute approximate surface area is 141 Å². The summed E-state index contributed by atoms with van der Waals surface area (Å²) >= 11 is 0. The van der Waals surface area contributed by atoms with E-state index in [1.54, 1.807) is 6.20 Å². The van der Waals surface area contributed by atoms with Crippen molar-refractivity contribution in [2.24, 2.45) is 7.05 Å². The number of likely N-dealkylation sites (tertiary alicyclic amines) is 1. The highest BCUT2D eigenvalue weighted by Crippen LogP contribution is 2.29. The molecule has 0 saturated carbocycles. The first-order valence-corrected chi connectivity index (χ1v) is 8.56. The van der Waals surface area contributed by atoms with Crippen LogP contribution in [0.4, 0.5) is 0 Å². The molecule has 0 unspecified atom stereocenters. The number of rotatable bonds is 5. The van der Waals surface area contributed by atoms with Gasteiger partial charge in [0.1, 0.15) is 5.82 Å². The molecular formula is C19H22N4O. The van der Waals surface area contributed by atoms with Crippen LogP contribution in [-0.4, -0.2) is 39.1 Å². The third kappa shape index (κ3) is 3.12. The second kappa shape index (κ2) is 6.61. The van der Waals surface area contributed by atoms with E-state index in [0.717, 1.165) is 30.1 Å². The fourth-order valence-electron chi connectivity index (χ4n) is 3.33. The van der Waals surface area contributed by atoms with Gasteiger partial charge < -0.3 is 14.2 Å².